The number of aromatic nitrogens is 2. The molecule has 0 aliphatic heterocycles. The molecule has 6 nitrogen and oxygen atoms in total. The Morgan fingerprint density at radius 1 is 1.03 bits per heavy atom. The van der Waals surface area contributed by atoms with Gasteiger partial charge in [-0.15, -0.1) is 0 Å². The van der Waals surface area contributed by atoms with Crippen LogP contribution in [0, 0.1) is 0 Å². The fourth-order valence-electron chi connectivity index (χ4n) is 2.61. The van der Waals surface area contributed by atoms with Crippen LogP contribution in [0.15, 0.2) is 57.9 Å². The molecule has 0 amide bonds. The van der Waals surface area contributed by atoms with E-state index in [1.54, 1.807) is 29.8 Å². The summed E-state index contributed by atoms with van der Waals surface area (Å²) in [6, 6.07) is 14.2. The van der Waals surface area contributed by atoms with E-state index in [0.717, 1.165) is 31.4 Å². The first kappa shape index (κ1) is 21.9. The Labute approximate surface area is 176 Å². The predicted octanol–water partition coefficient (Wildman–Crippen LogP) is 5.19. The molecule has 2 heterocycles. The standard InChI is InChI=1S/C17H16N5OS2.BF4/c1-21-12-6-4-5-7-14(12)24-16(21)18-20-19-17-22(2)13-9-8-11(23-3)10-15(13)25-17;2-1(3,4)5/h4-10H,1-3H3;/q+1;-1. The van der Waals surface area contributed by atoms with Crippen molar-refractivity contribution in [2.24, 2.45) is 29.5 Å². The molecule has 13 heteroatoms. The number of benzene rings is 2. The third-order valence-corrected chi connectivity index (χ3v) is 6.18. The van der Waals surface area contributed by atoms with Gasteiger partial charge < -0.3 is 26.6 Å². The monoisotopic (exact) mass is 457 g/mol. The smallest absolute Gasteiger partial charge is 0.497 e. The first-order chi connectivity index (χ1) is 14.2. The normalized spacial score (nSPS) is 12.6. The summed E-state index contributed by atoms with van der Waals surface area (Å²) in [5.74, 6) is 0.833. The van der Waals surface area contributed by atoms with E-state index in [1.165, 1.54) is 4.70 Å². The SMILES string of the molecule is COc1ccc2c(c1)sc(/N=N/N=c1\sc3ccccc3n1C)[n+]2C.F[B-](F)(F)F. The van der Waals surface area contributed by atoms with Gasteiger partial charge in [0.2, 0.25) is 4.80 Å². The lowest BCUT2D eigenvalue weighted by Gasteiger charge is -1.96. The second-order valence-corrected chi connectivity index (χ2v) is 7.99. The lowest BCUT2D eigenvalue weighted by molar-refractivity contribution is -0.627. The molecular weight excluding hydrogens is 441 g/mol. The molecule has 30 heavy (non-hydrogen) atoms. The van der Waals surface area contributed by atoms with Gasteiger partial charge in [0.15, 0.2) is 0 Å². The summed E-state index contributed by atoms with van der Waals surface area (Å²) < 4.78 is 50.6. The zero-order chi connectivity index (χ0) is 21.9. The van der Waals surface area contributed by atoms with Crippen molar-refractivity contribution < 1.29 is 26.6 Å². The van der Waals surface area contributed by atoms with E-state index < -0.39 is 7.25 Å². The second-order valence-electron chi connectivity index (χ2n) is 5.97. The van der Waals surface area contributed by atoms with Crippen LogP contribution in [-0.4, -0.2) is 18.9 Å². The number of thiazole rings is 2. The van der Waals surface area contributed by atoms with Crippen molar-refractivity contribution in [3.05, 3.63) is 47.3 Å². The highest BCUT2D eigenvalue weighted by atomic mass is 32.1. The number of aryl methyl sites for hydroxylation is 2. The number of methoxy groups -OCH3 is 1. The molecular formula is C17H16BF4N5OS2. The Hall–Kier alpha value is -2.80. The number of fused-ring (bicyclic) bond motifs is 2. The number of rotatable bonds is 3. The highest BCUT2D eigenvalue weighted by Crippen LogP contribution is 2.29. The summed E-state index contributed by atoms with van der Waals surface area (Å²) in [5, 5.41) is 13.4. The van der Waals surface area contributed by atoms with Crippen molar-refractivity contribution in [2.45, 2.75) is 0 Å². The fraction of sp³-hybridized carbons (Fsp3) is 0.176. The summed E-state index contributed by atoms with van der Waals surface area (Å²) in [5.41, 5.74) is 2.23. The maximum Gasteiger partial charge on any atom is 0.673 e. The summed E-state index contributed by atoms with van der Waals surface area (Å²) >= 11 is 3.15. The number of para-hydroxylation sites is 1. The quantitative estimate of drug-likeness (QED) is 0.137. The van der Waals surface area contributed by atoms with Crippen LogP contribution >= 0.6 is 22.7 Å². The van der Waals surface area contributed by atoms with E-state index in [4.69, 9.17) is 4.74 Å². The van der Waals surface area contributed by atoms with Crippen LogP contribution in [0.4, 0.5) is 22.4 Å². The molecule has 0 spiro atoms. The largest absolute Gasteiger partial charge is 0.673 e. The van der Waals surface area contributed by atoms with Gasteiger partial charge in [0.05, 0.1) is 34.3 Å². The topological polar surface area (TPSA) is 55.1 Å². The van der Waals surface area contributed by atoms with E-state index in [0.29, 0.717) is 0 Å². The first-order valence-electron chi connectivity index (χ1n) is 8.50. The number of ether oxygens (including phenoxy) is 1. The summed E-state index contributed by atoms with van der Waals surface area (Å²) in [4.78, 5) is 0.815. The maximum absolute atomic E-state index is 9.75. The van der Waals surface area contributed by atoms with Crippen LogP contribution < -0.4 is 14.1 Å². The van der Waals surface area contributed by atoms with Crippen molar-refractivity contribution in [2.75, 3.05) is 7.11 Å². The van der Waals surface area contributed by atoms with Gasteiger partial charge in [0, 0.05) is 13.1 Å². The number of hydrogen-bond donors (Lipinski definition) is 0. The summed E-state index contributed by atoms with van der Waals surface area (Å²) in [7, 11) is -0.378. The third-order valence-electron chi connectivity index (χ3n) is 3.99. The van der Waals surface area contributed by atoms with Gasteiger partial charge in [-0.05, 0) is 35.6 Å². The molecule has 158 valence electrons. The molecule has 0 bridgehead atoms. The Morgan fingerprint density at radius 2 is 1.73 bits per heavy atom. The number of nitrogens with zero attached hydrogens (tertiary/aromatic N) is 5. The average Bonchev–Trinajstić information content (AvgIpc) is 3.17. The highest BCUT2D eigenvalue weighted by Gasteiger charge is 2.20. The van der Waals surface area contributed by atoms with Crippen LogP contribution in [0.3, 0.4) is 0 Å². The van der Waals surface area contributed by atoms with Crippen molar-refractivity contribution in [3.63, 3.8) is 0 Å². The molecule has 0 aliphatic carbocycles. The molecule has 2 aromatic carbocycles. The lowest BCUT2D eigenvalue weighted by atomic mass is 10.3. The summed E-state index contributed by atoms with van der Waals surface area (Å²) in [6.45, 7) is 0. The van der Waals surface area contributed by atoms with Gasteiger partial charge in [-0.1, -0.05) is 28.6 Å². The first-order valence-corrected chi connectivity index (χ1v) is 10.1. The predicted molar refractivity (Wildman–Crippen MR) is 111 cm³/mol. The molecule has 0 N–H and O–H groups in total. The molecule has 0 saturated heterocycles. The van der Waals surface area contributed by atoms with E-state index in [1.807, 2.05) is 53.6 Å². The Bertz CT molecular complexity index is 1270. The van der Waals surface area contributed by atoms with E-state index >= 15 is 0 Å². The molecule has 0 atom stereocenters. The van der Waals surface area contributed by atoms with Gasteiger partial charge in [-0.2, -0.15) is 0 Å². The molecule has 0 radical (unpaired) electrons. The van der Waals surface area contributed by atoms with Crippen LogP contribution in [0.2, 0.25) is 0 Å². The van der Waals surface area contributed by atoms with Gasteiger partial charge in [-0.25, -0.2) is 4.57 Å². The minimum absolute atomic E-state index is 0.788. The second kappa shape index (κ2) is 8.92. The number of hydrogen-bond acceptors (Lipinski definition) is 5. The molecule has 4 rings (SSSR count). The van der Waals surface area contributed by atoms with Crippen molar-refractivity contribution in [1.82, 2.24) is 4.57 Å². The van der Waals surface area contributed by atoms with Gasteiger partial charge in [0.1, 0.15) is 16.4 Å². The van der Waals surface area contributed by atoms with Crippen molar-refractivity contribution in [3.8, 4) is 5.75 Å². The third kappa shape index (κ3) is 5.22. The van der Waals surface area contributed by atoms with Crippen LogP contribution in [0.1, 0.15) is 0 Å². The minimum Gasteiger partial charge on any atom is -0.497 e. The lowest BCUT2D eigenvalue weighted by Crippen LogP contribution is -2.25. The molecule has 4 aromatic rings. The minimum atomic E-state index is -6.00. The van der Waals surface area contributed by atoms with Crippen LogP contribution in [-0.2, 0) is 14.1 Å². The molecule has 0 saturated carbocycles. The summed E-state index contributed by atoms with van der Waals surface area (Å²) in [6.07, 6.45) is 0. The number of halogens is 4. The van der Waals surface area contributed by atoms with Crippen LogP contribution in [0.5, 0.6) is 5.75 Å². The Balaban J connectivity index is 0.000000461. The fourth-order valence-corrected chi connectivity index (χ4v) is 4.57. The Kier molecular flexibility index (Phi) is 6.51. The molecule has 2 aromatic heterocycles. The van der Waals surface area contributed by atoms with Crippen molar-refractivity contribution >= 4 is 55.5 Å². The van der Waals surface area contributed by atoms with Gasteiger partial charge in [-0.3, -0.25) is 0 Å². The van der Waals surface area contributed by atoms with E-state index in [-0.39, 0.29) is 0 Å². The highest BCUT2D eigenvalue weighted by molar-refractivity contribution is 7.21. The zero-order valence-electron chi connectivity index (χ0n) is 16.1. The zero-order valence-corrected chi connectivity index (χ0v) is 17.7. The van der Waals surface area contributed by atoms with Gasteiger partial charge >= 0.3 is 12.4 Å². The maximum atomic E-state index is 9.75. The van der Waals surface area contributed by atoms with E-state index in [9.17, 15) is 17.3 Å². The Morgan fingerprint density at radius 3 is 2.40 bits per heavy atom. The van der Waals surface area contributed by atoms with Crippen molar-refractivity contribution in [1.29, 1.82) is 0 Å². The van der Waals surface area contributed by atoms with Crippen LogP contribution in [0.25, 0.3) is 20.4 Å². The average molecular weight is 457 g/mol. The van der Waals surface area contributed by atoms with Gasteiger partial charge in [0.25, 0.3) is 0 Å². The molecule has 0 unspecified atom stereocenters. The molecule has 0 fully saturated rings. The van der Waals surface area contributed by atoms with E-state index in [2.05, 4.69) is 27.6 Å². The molecule has 0 aliphatic rings.